The van der Waals surface area contributed by atoms with E-state index in [4.69, 9.17) is 19.5 Å². The summed E-state index contributed by atoms with van der Waals surface area (Å²) < 4.78 is 68.8. The molecular weight excluding hydrogens is 652 g/mol. The van der Waals surface area contributed by atoms with Crippen LogP contribution in [0.1, 0.15) is 17.0 Å². The fourth-order valence-corrected chi connectivity index (χ4v) is 7.38. The number of ether oxygens (including phenoxy) is 1. The van der Waals surface area contributed by atoms with Gasteiger partial charge in [-0.05, 0) is 22.3 Å². The number of aliphatic hydroxyl groups excluding tert-OH is 2. The van der Waals surface area contributed by atoms with E-state index in [1.165, 1.54) is 0 Å². The summed E-state index contributed by atoms with van der Waals surface area (Å²) in [6.45, 7) is 7.37. The molecule has 0 amide bonds. The first-order valence-electron chi connectivity index (χ1n) is 15.8. The van der Waals surface area contributed by atoms with E-state index in [0.717, 1.165) is 48.4 Å². The van der Waals surface area contributed by atoms with Crippen LogP contribution >= 0.6 is 0 Å². The van der Waals surface area contributed by atoms with E-state index >= 15 is 0 Å². The number of fused-ring (bicyclic) bond motifs is 3. The fraction of sp³-hybridized carbons (Fsp3) is 0.581. The van der Waals surface area contributed by atoms with E-state index in [1.54, 1.807) is 0 Å². The van der Waals surface area contributed by atoms with E-state index in [1.807, 2.05) is 58.3 Å². The van der Waals surface area contributed by atoms with Gasteiger partial charge in [0.1, 0.15) is 6.61 Å². The van der Waals surface area contributed by atoms with Crippen LogP contribution in [0.3, 0.4) is 0 Å². The summed E-state index contributed by atoms with van der Waals surface area (Å²) in [6, 6.07) is 15.8. The van der Waals surface area contributed by atoms with Crippen molar-refractivity contribution >= 4 is 26.2 Å². The van der Waals surface area contributed by atoms with Crippen molar-refractivity contribution in [3.8, 4) is 11.1 Å². The zero-order valence-electron chi connectivity index (χ0n) is 26.4. The van der Waals surface area contributed by atoms with Crippen molar-refractivity contribution in [2.24, 2.45) is 0 Å². The molecule has 1 atom stereocenters. The van der Waals surface area contributed by atoms with E-state index in [-0.39, 0.29) is 38.0 Å². The second-order valence-electron chi connectivity index (χ2n) is 11.9. The molecule has 2 saturated heterocycles. The van der Waals surface area contributed by atoms with Crippen LogP contribution in [0.15, 0.2) is 48.5 Å². The van der Waals surface area contributed by atoms with Gasteiger partial charge in [0.25, 0.3) is 20.2 Å². The van der Waals surface area contributed by atoms with Crippen LogP contribution in [0.4, 0.5) is 0 Å². The van der Waals surface area contributed by atoms with Crippen LogP contribution in [0.25, 0.3) is 11.1 Å². The van der Waals surface area contributed by atoms with Gasteiger partial charge in [-0.2, -0.15) is 16.8 Å². The van der Waals surface area contributed by atoms with E-state index in [0.29, 0.717) is 45.8 Å². The number of β-amino-alcohol motifs (C(OH)–C–C–N with tert-alkyl or cyclic N) is 2. The topological polar surface area (TPSA) is 188 Å². The summed E-state index contributed by atoms with van der Waals surface area (Å²) in [4.78, 5) is 20.8. The maximum atomic E-state index is 12.8. The van der Waals surface area contributed by atoms with Crippen LogP contribution in [0.5, 0.6) is 0 Å². The Morgan fingerprint density at radius 3 is 1.55 bits per heavy atom. The number of nitrogens with zero attached hydrogens (tertiary/aromatic N) is 4. The Morgan fingerprint density at radius 1 is 0.702 bits per heavy atom. The molecule has 3 aliphatic rings. The number of piperazine rings is 2. The third-order valence-electron chi connectivity index (χ3n) is 8.83. The minimum absolute atomic E-state index is 0.00313. The zero-order chi connectivity index (χ0) is 34.0. The van der Waals surface area contributed by atoms with Gasteiger partial charge in [-0.3, -0.25) is 33.5 Å². The molecule has 4 N–H and O–H groups in total. The molecule has 2 aromatic carbocycles. The molecule has 1 aliphatic carbocycles. The first-order valence-corrected chi connectivity index (χ1v) is 18.9. The lowest BCUT2D eigenvalue weighted by Gasteiger charge is -2.35. The minimum Gasteiger partial charge on any atom is -0.464 e. The molecule has 16 heteroatoms. The summed E-state index contributed by atoms with van der Waals surface area (Å²) in [6.07, 6.45) is 0. The van der Waals surface area contributed by atoms with Gasteiger partial charge in [-0.25, -0.2) is 0 Å². The van der Waals surface area contributed by atoms with Gasteiger partial charge in [-0.1, -0.05) is 48.5 Å². The molecule has 262 valence electrons. The Balaban J connectivity index is 0.000000280. The fourth-order valence-electron chi connectivity index (χ4n) is 6.18. The smallest absolute Gasteiger partial charge is 0.328 e. The third kappa shape index (κ3) is 11.0. The van der Waals surface area contributed by atoms with Crippen molar-refractivity contribution < 1.29 is 45.7 Å². The molecule has 47 heavy (non-hydrogen) atoms. The van der Waals surface area contributed by atoms with Crippen molar-refractivity contribution in [2.75, 3.05) is 104 Å². The van der Waals surface area contributed by atoms with Gasteiger partial charge < -0.3 is 14.9 Å². The number of esters is 1. The van der Waals surface area contributed by atoms with Gasteiger partial charge in [0, 0.05) is 84.5 Å². The van der Waals surface area contributed by atoms with Crippen LogP contribution in [0, 0.1) is 0 Å². The number of rotatable bonds is 13. The molecule has 2 aromatic rings. The van der Waals surface area contributed by atoms with Crippen LogP contribution in [0.2, 0.25) is 0 Å². The molecule has 2 aliphatic heterocycles. The van der Waals surface area contributed by atoms with Gasteiger partial charge in [-0.15, -0.1) is 0 Å². The number of aliphatic hydroxyl groups is 2. The second-order valence-corrected chi connectivity index (χ2v) is 15.1. The highest BCUT2D eigenvalue weighted by Crippen LogP contribution is 2.44. The average Bonchev–Trinajstić information content (AvgIpc) is 3.36. The second kappa shape index (κ2) is 17.2. The van der Waals surface area contributed by atoms with Crippen LogP contribution in [-0.2, 0) is 29.8 Å². The molecule has 2 heterocycles. The maximum absolute atomic E-state index is 12.8. The maximum Gasteiger partial charge on any atom is 0.328 e. The Morgan fingerprint density at radius 2 is 1.13 bits per heavy atom. The molecule has 0 bridgehead atoms. The SMILES string of the molecule is O=C(OCC1c2ccccc2-c2ccccc21)C(CN1CCN(CCO)CC1)S(=O)(=O)O.O=S(=O)(O)CCN1CCN(CCO)CC1. The number of hydrogen-bond acceptors (Lipinski definition) is 12. The molecule has 2 fully saturated rings. The Kier molecular flexibility index (Phi) is 13.7. The molecule has 1 unspecified atom stereocenters. The molecule has 5 rings (SSSR count). The summed E-state index contributed by atoms with van der Waals surface area (Å²) in [5.41, 5.74) is 4.22. The molecular formula is C31H46N4O10S2. The Bertz CT molecular complexity index is 1480. The lowest BCUT2D eigenvalue weighted by molar-refractivity contribution is -0.144. The highest BCUT2D eigenvalue weighted by molar-refractivity contribution is 7.87. The highest BCUT2D eigenvalue weighted by Gasteiger charge is 2.37. The van der Waals surface area contributed by atoms with Crippen LogP contribution in [-0.4, -0.2) is 171 Å². The third-order valence-corrected chi connectivity index (χ3v) is 10.6. The molecule has 0 aromatic heterocycles. The van der Waals surface area contributed by atoms with Gasteiger partial charge >= 0.3 is 5.97 Å². The van der Waals surface area contributed by atoms with Gasteiger partial charge in [0.2, 0.25) is 0 Å². The zero-order valence-corrected chi connectivity index (χ0v) is 28.1. The van der Waals surface area contributed by atoms with E-state index < -0.39 is 31.5 Å². The quantitative estimate of drug-likeness (QED) is 0.158. The Labute approximate surface area is 277 Å². The van der Waals surface area contributed by atoms with Gasteiger partial charge in [0.15, 0.2) is 5.25 Å². The largest absolute Gasteiger partial charge is 0.464 e. The number of carbonyl (C=O) groups excluding carboxylic acids is 1. The van der Waals surface area contributed by atoms with E-state index in [9.17, 15) is 26.2 Å². The Hall–Kier alpha value is -2.51. The predicted octanol–water partition coefficient (Wildman–Crippen LogP) is -0.307. The average molecular weight is 699 g/mol. The number of carbonyl (C=O) groups is 1. The lowest BCUT2D eigenvalue weighted by atomic mass is 9.98. The molecule has 0 spiro atoms. The van der Waals surface area contributed by atoms with Crippen LogP contribution < -0.4 is 0 Å². The summed E-state index contributed by atoms with van der Waals surface area (Å²) in [7, 11) is -8.47. The number of benzene rings is 2. The first-order chi connectivity index (χ1) is 22.4. The monoisotopic (exact) mass is 698 g/mol. The van der Waals surface area contributed by atoms with Crippen molar-refractivity contribution in [1.82, 2.24) is 19.6 Å². The normalized spacial score (nSPS) is 19.0. The summed E-state index contributed by atoms with van der Waals surface area (Å²) >= 11 is 0. The molecule has 0 saturated carbocycles. The number of hydrogen-bond donors (Lipinski definition) is 4. The highest BCUT2D eigenvalue weighted by atomic mass is 32.2. The molecule has 0 radical (unpaired) electrons. The summed E-state index contributed by atoms with van der Waals surface area (Å²) in [5, 5.41) is 16.1. The van der Waals surface area contributed by atoms with Gasteiger partial charge in [0.05, 0.1) is 19.0 Å². The lowest BCUT2D eigenvalue weighted by Crippen LogP contribution is -2.51. The van der Waals surface area contributed by atoms with Crippen molar-refractivity contribution in [2.45, 2.75) is 11.2 Å². The predicted molar refractivity (Wildman–Crippen MR) is 176 cm³/mol. The first kappa shape index (κ1) is 37.3. The van der Waals surface area contributed by atoms with Crippen molar-refractivity contribution in [3.05, 3.63) is 59.7 Å². The van der Waals surface area contributed by atoms with Crippen molar-refractivity contribution in [1.29, 1.82) is 0 Å². The van der Waals surface area contributed by atoms with E-state index in [2.05, 4.69) is 9.80 Å². The minimum atomic E-state index is -4.62. The molecule has 14 nitrogen and oxygen atoms in total. The standard InChI is InChI=1S/C23H28N2O6S.C8H18N2O4S/c26-14-13-24-9-11-25(12-10-24)15-22(32(28,29)30)23(27)31-16-21-19-7-3-1-5-17(19)18-6-2-4-8-20(18)21;11-7-5-9-1-3-10(4-2-9)6-8-15(12,13)14/h1-8,21-22,26H,9-16H2,(H,28,29,30);11H,1-8H2,(H,12,13,14). The summed E-state index contributed by atoms with van der Waals surface area (Å²) in [5.74, 6) is -1.32. The van der Waals surface area contributed by atoms with Crippen molar-refractivity contribution in [3.63, 3.8) is 0 Å².